The topological polar surface area (TPSA) is 67.4 Å². The fourth-order valence-corrected chi connectivity index (χ4v) is 2.26. The van der Waals surface area contributed by atoms with Crippen molar-refractivity contribution in [2.24, 2.45) is 5.92 Å². The summed E-state index contributed by atoms with van der Waals surface area (Å²) < 4.78 is 5.65. The zero-order valence-electron chi connectivity index (χ0n) is 15.5. The van der Waals surface area contributed by atoms with E-state index in [9.17, 15) is 9.59 Å². The van der Waals surface area contributed by atoms with Crippen LogP contribution in [0.25, 0.3) is 0 Å². The number of ether oxygens (including phenoxy) is 1. The second kappa shape index (κ2) is 9.61. The Bertz CT molecular complexity index is 739. The van der Waals surface area contributed by atoms with Crippen LogP contribution < -0.4 is 15.4 Å². The second-order valence-electron chi connectivity index (χ2n) is 6.50. The standard InChI is InChI=1S/C21H26N2O3/c1-15(2)20(24)23-18-10-8-17(9-11-18)21(25)22-12-5-13-26-19-7-4-6-16(3)14-19/h4,6-11,14-15H,5,12-13H2,1-3H3,(H,22,25)(H,23,24). The molecule has 0 spiro atoms. The van der Waals surface area contributed by atoms with Crippen LogP contribution in [0.5, 0.6) is 5.75 Å². The van der Waals surface area contributed by atoms with E-state index < -0.39 is 0 Å². The average molecular weight is 354 g/mol. The molecule has 0 aliphatic carbocycles. The summed E-state index contributed by atoms with van der Waals surface area (Å²) in [6.45, 7) is 6.77. The Hall–Kier alpha value is -2.82. The molecule has 0 saturated heterocycles. The number of amides is 2. The van der Waals surface area contributed by atoms with E-state index in [2.05, 4.69) is 10.6 Å². The normalized spacial score (nSPS) is 10.5. The molecule has 0 aromatic heterocycles. The van der Waals surface area contributed by atoms with E-state index in [0.717, 1.165) is 17.7 Å². The summed E-state index contributed by atoms with van der Waals surface area (Å²) in [4.78, 5) is 23.8. The zero-order chi connectivity index (χ0) is 18.9. The van der Waals surface area contributed by atoms with Crippen LogP contribution in [-0.2, 0) is 4.79 Å². The fourth-order valence-electron chi connectivity index (χ4n) is 2.26. The van der Waals surface area contributed by atoms with Gasteiger partial charge in [-0.2, -0.15) is 0 Å². The molecule has 0 saturated carbocycles. The third kappa shape index (κ3) is 6.24. The van der Waals surface area contributed by atoms with Gasteiger partial charge in [0.15, 0.2) is 0 Å². The lowest BCUT2D eigenvalue weighted by molar-refractivity contribution is -0.118. The molecule has 138 valence electrons. The van der Waals surface area contributed by atoms with Crippen molar-refractivity contribution in [1.29, 1.82) is 0 Å². The van der Waals surface area contributed by atoms with Gasteiger partial charge in [-0.1, -0.05) is 26.0 Å². The van der Waals surface area contributed by atoms with Crippen molar-refractivity contribution in [3.8, 4) is 5.75 Å². The lowest BCUT2D eigenvalue weighted by Gasteiger charge is -2.09. The van der Waals surface area contributed by atoms with Crippen LogP contribution in [0, 0.1) is 12.8 Å². The highest BCUT2D eigenvalue weighted by Gasteiger charge is 2.08. The third-order valence-electron chi connectivity index (χ3n) is 3.80. The van der Waals surface area contributed by atoms with Gasteiger partial charge in [0.05, 0.1) is 6.61 Å². The van der Waals surface area contributed by atoms with Crippen LogP contribution in [0.1, 0.15) is 36.2 Å². The maximum Gasteiger partial charge on any atom is 0.251 e. The van der Waals surface area contributed by atoms with E-state index in [-0.39, 0.29) is 17.7 Å². The molecule has 5 nitrogen and oxygen atoms in total. The SMILES string of the molecule is Cc1cccc(OCCCNC(=O)c2ccc(NC(=O)C(C)C)cc2)c1. The molecule has 0 heterocycles. The predicted molar refractivity (Wildman–Crippen MR) is 104 cm³/mol. The Balaban J connectivity index is 1.71. The van der Waals surface area contributed by atoms with Crippen molar-refractivity contribution >= 4 is 17.5 Å². The monoisotopic (exact) mass is 354 g/mol. The van der Waals surface area contributed by atoms with Gasteiger partial charge in [-0.3, -0.25) is 9.59 Å². The van der Waals surface area contributed by atoms with Crippen molar-refractivity contribution in [2.45, 2.75) is 27.2 Å². The molecule has 2 rings (SSSR count). The molecule has 2 amide bonds. The van der Waals surface area contributed by atoms with Crippen LogP contribution in [-0.4, -0.2) is 25.0 Å². The van der Waals surface area contributed by atoms with Gasteiger partial charge in [-0.15, -0.1) is 0 Å². The summed E-state index contributed by atoms with van der Waals surface area (Å²) in [7, 11) is 0. The predicted octanol–water partition coefficient (Wildman–Crippen LogP) is 3.79. The Labute approximate surface area is 154 Å². The number of aryl methyl sites for hydroxylation is 1. The summed E-state index contributed by atoms with van der Waals surface area (Å²) in [6.07, 6.45) is 0.724. The number of carbonyl (C=O) groups excluding carboxylic acids is 2. The van der Waals surface area contributed by atoms with Crippen LogP contribution in [0.15, 0.2) is 48.5 Å². The summed E-state index contributed by atoms with van der Waals surface area (Å²) in [5, 5.41) is 5.67. The number of hydrogen-bond donors (Lipinski definition) is 2. The Kier molecular flexibility index (Phi) is 7.21. The quantitative estimate of drug-likeness (QED) is 0.709. The number of benzene rings is 2. The lowest BCUT2D eigenvalue weighted by atomic mass is 10.1. The fraction of sp³-hybridized carbons (Fsp3) is 0.333. The van der Waals surface area contributed by atoms with Crippen molar-refractivity contribution < 1.29 is 14.3 Å². The van der Waals surface area contributed by atoms with E-state index in [1.54, 1.807) is 24.3 Å². The second-order valence-corrected chi connectivity index (χ2v) is 6.50. The largest absolute Gasteiger partial charge is 0.494 e. The molecule has 0 bridgehead atoms. The molecule has 0 aliphatic heterocycles. The minimum Gasteiger partial charge on any atom is -0.494 e. The van der Waals surface area contributed by atoms with Crippen LogP contribution >= 0.6 is 0 Å². The zero-order valence-corrected chi connectivity index (χ0v) is 15.5. The molecule has 2 aromatic rings. The maximum absolute atomic E-state index is 12.1. The Morgan fingerprint density at radius 1 is 1.08 bits per heavy atom. The van der Waals surface area contributed by atoms with Gasteiger partial charge < -0.3 is 15.4 Å². The lowest BCUT2D eigenvalue weighted by Crippen LogP contribution is -2.25. The summed E-state index contributed by atoms with van der Waals surface area (Å²) in [5.74, 6) is 0.577. The first-order valence-electron chi connectivity index (χ1n) is 8.84. The van der Waals surface area contributed by atoms with E-state index in [1.807, 2.05) is 45.0 Å². The average Bonchev–Trinajstić information content (AvgIpc) is 2.62. The van der Waals surface area contributed by atoms with Crippen molar-refractivity contribution in [2.75, 3.05) is 18.5 Å². The molecule has 0 radical (unpaired) electrons. The van der Waals surface area contributed by atoms with Crippen molar-refractivity contribution in [3.05, 3.63) is 59.7 Å². The van der Waals surface area contributed by atoms with E-state index >= 15 is 0 Å². The molecule has 0 fully saturated rings. The molecule has 0 unspecified atom stereocenters. The van der Waals surface area contributed by atoms with Crippen LogP contribution in [0.3, 0.4) is 0 Å². The summed E-state index contributed by atoms with van der Waals surface area (Å²) in [6, 6.07) is 14.8. The highest BCUT2D eigenvalue weighted by molar-refractivity contribution is 5.96. The minimum atomic E-state index is -0.137. The number of anilines is 1. The number of rotatable bonds is 8. The van der Waals surface area contributed by atoms with Gasteiger partial charge in [-0.25, -0.2) is 0 Å². The van der Waals surface area contributed by atoms with Gasteiger partial charge in [0.2, 0.25) is 5.91 Å². The minimum absolute atomic E-state index is 0.0455. The van der Waals surface area contributed by atoms with Crippen LogP contribution in [0.4, 0.5) is 5.69 Å². The van der Waals surface area contributed by atoms with Crippen LogP contribution in [0.2, 0.25) is 0 Å². The number of carbonyl (C=O) groups is 2. The Morgan fingerprint density at radius 3 is 2.46 bits per heavy atom. The van der Waals surface area contributed by atoms with Gasteiger partial charge in [0, 0.05) is 23.7 Å². The first-order chi connectivity index (χ1) is 12.5. The third-order valence-corrected chi connectivity index (χ3v) is 3.80. The first kappa shape index (κ1) is 19.5. The van der Waals surface area contributed by atoms with Gasteiger partial charge in [-0.05, 0) is 55.3 Å². The molecule has 2 aromatic carbocycles. The van der Waals surface area contributed by atoms with E-state index in [4.69, 9.17) is 4.74 Å². The van der Waals surface area contributed by atoms with Gasteiger partial charge in [0.25, 0.3) is 5.91 Å². The molecule has 5 heteroatoms. The maximum atomic E-state index is 12.1. The molecular formula is C21H26N2O3. The molecule has 0 aliphatic rings. The van der Waals surface area contributed by atoms with Crippen molar-refractivity contribution in [1.82, 2.24) is 5.32 Å². The van der Waals surface area contributed by atoms with Crippen molar-refractivity contribution in [3.63, 3.8) is 0 Å². The smallest absolute Gasteiger partial charge is 0.251 e. The van der Waals surface area contributed by atoms with E-state index in [1.165, 1.54) is 0 Å². The van der Waals surface area contributed by atoms with Gasteiger partial charge in [0.1, 0.15) is 5.75 Å². The summed E-state index contributed by atoms with van der Waals surface area (Å²) in [5.41, 5.74) is 2.41. The number of nitrogens with one attached hydrogen (secondary N) is 2. The molecular weight excluding hydrogens is 328 g/mol. The Morgan fingerprint density at radius 2 is 1.81 bits per heavy atom. The molecule has 26 heavy (non-hydrogen) atoms. The number of hydrogen-bond acceptors (Lipinski definition) is 3. The first-order valence-corrected chi connectivity index (χ1v) is 8.84. The van der Waals surface area contributed by atoms with E-state index in [0.29, 0.717) is 24.4 Å². The summed E-state index contributed by atoms with van der Waals surface area (Å²) >= 11 is 0. The highest BCUT2D eigenvalue weighted by atomic mass is 16.5. The highest BCUT2D eigenvalue weighted by Crippen LogP contribution is 2.13. The molecule has 0 atom stereocenters. The van der Waals surface area contributed by atoms with Gasteiger partial charge >= 0.3 is 0 Å². The molecule has 2 N–H and O–H groups in total.